The molecule has 0 saturated carbocycles. The summed E-state index contributed by atoms with van der Waals surface area (Å²) in [4.78, 5) is 6.85. The van der Waals surface area contributed by atoms with Crippen LogP contribution < -0.4 is 10.6 Å². The molecule has 0 bridgehead atoms. The van der Waals surface area contributed by atoms with E-state index in [9.17, 15) is 0 Å². The first-order valence-corrected chi connectivity index (χ1v) is 8.46. The summed E-state index contributed by atoms with van der Waals surface area (Å²) in [7, 11) is 1.83. The normalized spacial score (nSPS) is 31.4. The summed E-state index contributed by atoms with van der Waals surface area (Å²) >= 11 is 0. The molecule has 0 aromatic heterocycles. The lowest BCUT2D eigenvalue weighted by Crippen LogP contribution is -2.46. The van der Waals surface area contributed by atoms with Crippen molar-refractivity contribution in [1.29, 1.82) is 0 Å². The zero-order valence-electron chi connectivity index (χ0n) is 13.9. The van der Waals surface area contributed by atoms with Crippen LogP contribution in [-0.4, -0.2) is 63.3 Å². The van der Waals surface area contributed by atoms with Crippen LogP contribution in [0.25, 0.3) is 0 Å². The molecular weight excluding hydrogens is 264 g/mol. The number of likely N-dealkylation sites (tertiary alicyclic amines) is 1. The molecule has 122 valence electrons. The Bertz CT molecular complexity index is 318. The van der Waals surface area contributed by atoms with Gasteiger partial charge < -0.3 is 20.3 Å². The van der Waals surface area contributed by atoms with Crippen molar-refractivity contribution in [3.63, 3.8) is 0 Å². The molecule has 2 saturated heterocycles. The number of rotatable bonds is 5. The smallest absolute Gasteiger partial charge is 0.191 e. The molecule has 0 spiro atoms. The Hall–Kier alpha value is -0.810. The van der Waals surface area contributed by atoms with Crippen molar-refractivity contribution in [2.75, 3.05) is 46.4 Å². The minimum absolute atomic E-state index is 0.354. The third kappa shape index (κ3) is 5.83. The second-order valence-electron chi connectivity index (χ2n) is 6.72. The summed E-state index contributed by atoms with van der Waals surface area (Å²) in [5.41, 5.74) is 0. The van der Waals surface area contributed by atoms with Crippen molar-refractivity contribution < 1.29 is 4.74 Å². The van der Waals surface area contributed by atoms with Crippen molar-refractivity contribution in [2.45, 2.75) is 39.2 Å². The first-order chi connectivity index (χ1) is 10.2. The fourth-order valence-corrected chi connectivity index (χ4v) is 3.54. The first kappa shape index (κ1) is 16.6. The fraction of sp³-hybridized carbons (Fsp3) is 0.938. The quantitative estimate of drug-likeness (QED) is 0.593. The van der Waals surface area contributed by atoms with Gasteiger partial charge in [0.05, 0.1) is 6.10 Å². The van der Waals surface area contributed by atoms with Crippen molar-refractivity contribution in [2.24, 2.45) is 16.8 Å². The monoisotopic (exact) mass is 296 g/mol. The van der Waals surface area contributed by atoms with Crippen molar-refractivity contribution in [1.82, 2.24) is 15.5 Å². The Labute approximate surface area is 129 Å². The lowest BCUT2D eigenvalue weighted by molar-refractivity contribution is 0.113. The third-order valence-electron chi connectivity index (χ3n) is 4.41. The predicted octanol–water partition coefficient (Wildman–Crippen LogP) is 1.31. The SMILES string of the molecule is CN=C(NCCN1CC(C)CC(C)C1)NCC1CCCO1. The van der Waals surface area contributed by atoms with E-state index in [-0.39, 0.29) is 0 Å². The summed E-state index contributed by atoms with van der Waals surface area (Å²) in [6, 6.07) is 0. The maximum atomic E-state index is 5.62. The topological polar surface area (TPSA) is 48.9 Å². The largest absolute Gasteiger partial charge is 0.376 e. The Balaban J connectivity index is 1.61. The summed E-state index contributed by atoms with van der Waals surface area (Å²) in [5, 5.41) is 6.77. The molecular formula is C16H32N4O. The Morgan fingerprint density at radius 3 is 2.62 bits per heavy atom. The van der Waals surface area contributed by atoms with Gasteiger partial charge in [-0.25, -0.2) is 0 Å². The number of hydrogen-bond donors (Lipinski definition) is 2. The van der Waals surface area contributed by atoms with Crippen LogP contribution in [0, 0.1) is 11.8 Å². The average Bonchev–Trinajstić information content (AvgIpc) is 2.94. The van der Waals surface area contributed by atoms with E-state index in [1.807, 2.05) is 7.05 Å². The van der Waals surface area contributed by atoms with Crippen LogP contribution in [0.5, 0.6) is 0 Å². The summed E-state index contributed by atoms with van der Waals surface area (Å²) in [6.07, 6.45) is 4.07. The van der Waals surface area contributed by atoms with E-state index in [0.717, 1.165) is 50.5 Å². The van der Waals surface area contributed by atoms with Crippen LogP contribution in [-0.2, 0) is 4.74 Å². The molecule has 2 N–H and O–H groups in total. The van der Waals surface area contributed by atoms with Crippen LogP contribution in [0.4, 0.5) is 0 Å². The standard InChI is InChI=1S/C16H32N4O/c1-13-9-14(2)12-20(11-13)7-6-18-16(17-3)19-10-15-5-4-8-21-15/h13-15H,4-12H2,1-3H3,(H2,17,18,19). The van der Waals surface area contributed by atoms with Gasteiger partial charge in [0.25, 0.3) is 0 Å². The maximum Gasteiger partial charge on any atom is 0.191 e. The molecule has 2 aliphatic heterocycles. The second kappa shape index (κ2) is 8.59. The number of nitrogens with one attached hydrogen (secondary N) is 2. The number of hydrogen-bond acceptors (Lipinski definition) is 3. The highest BCUT2D eigenvalue weighted by Crippen LogP contribution is 2.20. The molecule has 5 heteroatoms. The Morgan fingerprint density at radius 1 is 1.24 bits per heavy atom. The summed E-state index contributed by atoms with van der Waals surface area (Å²) in [5.74, 6) is 2.54. The van der Waals surface area contributed by atoms with Crippen molar-refractivity contribution >= 4 is 5.96 Å². The van der Waals surface area contributed by atoms with Gasteiger partial charge in [0.15, 0.2) is 5.96 Å². The first-order valence-electron chi connectivity index (χ1n) is 8.46. The fourth-order valence-electron chi connectivity index (χ4n) is 3.54. The molecule has 5 nitrogen and oxygen atoms in total. The molecule has 21 heavy (non-hydrogen) atoms. The number of ether oxygens (including phenoxy) is 1. The Morgan fingerprint density at radius 2 is 2.00 bits per heavy atom. The van der Waals surface area contributed by atoms with E-state index >= 15 is 0 Å². The van der Waals surface area contributed by atoms with Crippen molar-refractivity contribution in [3.8, 4) is 0 Å². The minimum atomic E-state index is 0.354. The van der Waals surface area contributed by atoms with E-state index in [2.05, 4.69) is 34.4 Å². The molecule has 3 unspecified atom stereocenters. The van der Waals surface area contributed by atoms with Crippen LogP contribution in [0.15, 0.2) is 4.99 Å². The van der Waals surface area contributed by atoms with Crippen LogP contribution in [0.2, 0.25) is 0 Å². The van der Waals surface area contributed by atoms with Gasteiger partial charge in [0.1, 0.15) is 0 Å². The predicted molar refractivity (Wildman–Crippen MR) is 87.7 cm³/mol. The lowest BCUT2D eigenvalue weighted by atomic mass is 9.92. The van der Waals surface area contributed by atoms with Gasteiger partial charge in [-0.05, 0) is 31.1 Å². The highest BCUT2D eigenvalue weighted by molar-refractivity contribution is 5.79. The number of piperidine rings is 1. The van der Waals surface area contributed by atoms with Gasteiger partial charge in [-0.15, -0.1) is 0 Å². The van der Waals surface area contributed by atoms with Gasteiger partial charge >= 0.3 is 0 Å². The maximum absolute atomic E-state index is 5.62. The number of nitrogens with zero attached hydrogens (tertiary/aromatic N) is 2. The zero-order valence-corrected chi connectivity index (χ0v) is 13.9. The second-order valence-corrected chi connectivity index (χ2v) is 6.72. The molecule has 2 rings (SSSR count). The van der Waals surface area contributed by atoms with E-state index in [0.29, 0.717) is 6.10 Å². The highest BCUT2D eigenvalue weighted by atomic mass is 16.5. The molecule has 0 aromatic rings. The molecule has 0 radical (unpaired) electrons. The van der Waals surface area contributed by atoms with E-state index < -0.39 is 0 Å². The van der Waals surface area contributed by atoms with E-state index in [1.165, 1.54) is 25.9 Å². The van der Waals surface area contributed by atoms with E-state index in [4.69, 9.17) is 4.74 Å². The lowest BCUT2D eigenvalue weighted by Gasteiger charge is -2.35. The van der Waals surface area contributed by atoms with Crippen LogP contribution in [0.1, 0.15) is 33.1 Å². The highest BCUT2D eigenvalue weighted by Gasteiger charge is 2.21. The molecule has 2 aliphatic rings. The molecule has 2 fully saturated rings. The molecule has 0 amide bonds. The van der Waals surface area contributed by atoms with Gasteiger partial charge in [-0.3, -0.25) is 4.99 Å². The molecule has 2 heterocycles. The van der Waals surface area contributed by atoms with E-state index in [1.54, 1.807) is 0 Å². The number of guanidine groups is 1. The molecule has 0 aliphatic carbocycles. The van der Waals surface area contributed by atoms with Crippen molar-refractivity contribution in [3.05, 3.63) is 0 Å². The summed E-state index contributed by atoms with van der Waals surface area (Å²) in [6.45, 7) is 11.0. The minimum Gasteiger partial charge on any atom is -0.376 e. The van der Waals surface area contributed by atoms with Gasteiger partial charge in [-0.2, -0.15) is 0 Å². The third-order valence-corrected chi connectivity index (χ3v) is 4.41. The Kier molecular flexibility index (Phi) is 6.77. The van der Waals surface area contributed by atoms with Gasteiger partial charge in [-0.1, -0.05) is 13.8 Å². The van der Waals surface area contributed by atoms with Crippen LogP contribution >= 0.6 is 0 Å². The molecule has 0 aromatic carbocycles. The number of aliphatic imine (C=N–C) groups is 1. The summed E-state index contributed by atoms with van der Waals surface area (Å²) < 4.78 is 5.62. The van der Waals surface area contributed by atoms with Gasteiger partial charge in [0.2, 0.25) is 0 Å². The van der Waals surface area contributed by atoms with Crippen LogP contribution in [0.3, 0.4) is 0 Å². The average molecular weight is 296 g/mol. The van der Waals surface area contributed by atoms with Gasteiger partial charge in [0, 0.05) is 46.4 Å². The zero-order chi connectivity index (χ0) is 15.1. The molecule has 3 atom stereocenters.